The molecular formula is C17H21N7O. The molecule has 0 amide bonds. The van der Waals surface area contributed by atoms with Crippen molar-refractivity contribution in [1.82, 2.24) is 25.3 Å². The maximum atomic E-state index is 6.09. The van der Waals surface area contributed by atoms with Crippen LogP contribution in [0, 0.1) is 0 Å². The van der Waals surface area contributed by atoms with Gasteiger partial charge in [-0.3, -0.25) is 5.10 Å². The van der Waals surface area contributed by atoms with Crippen LogP contribution in [-0.4, -0.2) is 25.3 Å². The van der Waals surface area contributed by atoms with Gasteiger partial charge in [0.25, 0.3) is 0 Å². The summed E-state index contributed by atoms with van der Waals surface area (Å²) in [5.74, 6) is 2.52. The van der Waals surface area contributed by atoms with Crippen molar-refractivity contribution in [3.05, 3.63) is 35.5 Å². The van der Waals surface area contributed by atoms with Crippen molar-refractivity contribution >= 4 is 11.8 Å². The van der Waals surface area contributed by atoms with Crippen molar-refractivity contribution in [2.24, 2.45) is 0 Å². The van der Waals surface area contributed by atoms with Gasteiger partial charge in [-0.2, -0.15) is 10.1 Å². The molecule has 4 N–H and O–H groups in total. The molecule has 8 nitrogen and oxygen atoms in total. The largest absolute Gasteiger partial charge is 0.383 e. The average Bonchev–Trinajstić information content (AvgIpc) is 3.13. The van der Waals surface area contributed by atoms with Gasteiger partial charge in [0.1, 0.15) is 5.82 Å². The molecule has 0 saturated heterocycles. The number of aromatic amines is 1. The predicted molar refractivity (Wildman–Crippen MR) is 93.9 cm³/mol. The number of hydrogen-bond acceptors (Lipinski definition) is 7. The zero-order valence-electron chi connectivity index (χ0n) is 14.3. The molecule has 1 fully saturated rings. The van der Waals surface area contributed by atoms with E-state index >= 15 is 0 Å². The second kappa shape index (κ2) is 6.19. The van der Waals surface area contributed by atoms with Crippen molar-refractivity contribution in [1.29, 1.82) is 0 Å². The molecule has 0 bridgehead atoms. The second-order valence-electron chi connectivity index (χ2n) is 6.70. The molecule has 0 unspecified atom stereocenters. The number of H-pyrrole nitrogens is 1. The highest BCUT2D eigenvalue weighted by molar-refractivity contribution is 5.71. The SMILES string of the molecule is CC(C)c1cc(CNc2ncc(-c3cc(C4CC4)[nH]n3)c(N)n2)on1. The van der Waals surface area contributed by atoms with E-state index in [2.05, 4.69) is 44.5 Å². The lowest BCUT2D eigenvalue weighted by molar-refractivity contribution is 0.379. The predicted octanol–water partition coefficient (Wildman–Crippen LogP) is 3.05. The molecule has 0 spiro atoms. The molecule has 1 aliphatic carbocycles. The van der Waals surface area contributed by atoms with Crippen LogP contribution in [0.4, 0.5) is 11.8 Å². The van der Waals surface area contributed by atoms with Gasteiger partial charge in [-0.15, -0.1) is 0 Å². The maximum absolute atomic E-state index is 6.09. The van der Waals surface area contributed by atoms with E-state index in [0.717, 1.165) is 28.4 Å². The van der Waals surface area contributed by atoms with E-state index in [9.17, 15) is 0 Å². The molecule has 1 aliphatic rings. The number of anilines is 2. The van der Waals surface area contributed by atoms with Crippen LogP contribution in [0.3, 0.4) is 0 Å². The van der Waals surface area contributed by atoms with E-state index in [4.69, 9.17) is 10.3 Å². The van der Waals surface area contributed by atoms with Gasteiger partial charge in [0.15, 0.2) is 5.76 Å². The lowest BCUT2D eigenvalue weighted by atomic mass is 10.1. The molecule has 4 rings (SSSR count). The van der Waals surface area contributed by atoms with Crippen LogP contribution in [0.5, 0.6) is 0 Å². The van der Waals surface area contributed by atoms with Crippen molar-refractivity contribution in [3.8, 4) is 11.3 Å². The third kappa shape index (κ3) is 3.33. The summed E-state index contributed by atoms with van der Waals surface area (Å²) in [6.07, 6.45) is 4.13. The van der Waals surface area contributed by atoms with Crippen LogP contribution in [-0.2, 0) is 6.54 Å². The number of nitrogens with zero attached hydrogens (tertiary/aromatic N) is 4. The van der Waals surface area contributed by atoms with Crippen LogP contribution >= 0.6 is 0 Å². The fraction of sp³-hybridized carbons (Fsp3) is 0.412. The summed E-state index contributed by atoms with van der Waals surface area (Å²) in [5.41, 5.74) is 9.68. The van der Waals surface area contributed by atoms with Crippen LogP contribution in [0.15, 0.2) is 22.9 Å². The minimum Gasteiger partial charge on any atom is -0.383 e. The average molecular weight is 339 g/mol. The third-order valence-corrected chi connectivity index (χ3v) is 4.30. The smallest absolute Gasteiger partial charge is 0.225 e. The molecule has 0 atom stereocenters. The van der Waals surface area contributed by atoms with E-state index in [-0.39, 0.29) is 0 Å². The normalized spacial score (nSPS) is 14.2. The number of nitrogens with two attached hydrogens (primary N) is 1. The Morgan fingerprint density at radius 2 is 2.20 bits per heavy atom. The quantitative estimate of drug-likeness (QED) is 0.631. The highest BCUT2D eigenvalue weighted by atomic mass is 16.5. The topological polar surface area (TPSA) is 119 Å². The monoisotopic (exact) mass is 339 g/mol. The lowest BCUT2D eigenvalue weighted by Gasteiger charge is -2.05. The third-order valence-electron chi connectivity index (χ3n) is 4.30. The first-order valence-corrected chi connectivity index (χ1v) is 8.47. The molecule has 0 aliphatic heterocycles. The summed E-state index contributed by atoms with van der Waals surface area (Å²) in [4.78, 5) is 8.64. The Labute approximate surface area is 145 Å². The molecule has 3 aromatic heterocycles. The Morgan fingerprint density at radius 1 is 1.36 bits per heavy atom. The van der Waals surface area contributed by atoms with Gasteiger partial charge in [-0.1, -0.05) is 19.0 Å². The number of aromatic nitrogens is 5. The summed E-state index contributed by atoms with van der Waals surface area (Å²) in [6, 6.07) is 3.96. The fourth-order valence-corrected chi connectivity index (χ4v) is 2.61. The van der Waals surface area contributed by atoms with Crippen molar-refractivity contribution < 1.29 is 4.52 Å². The van der Waals surface area contributed by atoms with Gasteiger partial charge in [0.2, 0.25) is 5.95 Å². The van der Waals surface area contributed by atoms with Gasteiger partial charge < -0.3 is 15.6 Å². The highest BCUT2D eigenvalue weighted by Gasteiger charge is 2.26. The van der Waals surface area contributed by atoms with Gasteiger partial charge in [0, 0.05) is 23.9 Å². The molecular weight excluding hydrogens is 318 g/mol. The van der Waals surface area contributed by atoms with Crippen LogP contribution in [0.25, 0.3) is 11.3 Å². The van der Waals surface area contributed by atoms with E-state index in [1.165, 1.54) is 12.8 Å². The first kappa shape index (κ1) is 15.6. The second-order valence-corrected chi connectivity index (χ2v) is 6.70. The van der Waals surface area contributed by atoms with Gasteiger partial charge >= 0.3 is 0 Å². The van der Waals surface area contributed by atoms with Crippen molar-refractivity contribution in [2.45, 2.75) is 45.1 Å². The zero-order valence-corrected chi connectivity index (χ0v) is 14.3. The van der Waals surface area contributed by atoms with Crippen molar-refractivity contribution in [3.63, 3.8) is 0 Å². The molecule has 1 saturated carbocycles. The van der Waals surface area contributed by atoms with Crippen LogP contribution in [0.1, 0.15) is 55.7 Å². The van der Waals surface area contributed by atoms with Gasteiger partial charge in [0.05, 0.1) is 23.5 Å². The Morgan fingerprint density at radius 3 is 2.88 bits per heavy atom. The first-order valence-electron chi connectivity index (χ1n) is 8.47. The van der Waals surface area contributed by atoms with Crippen LogP contribution in [0.2, 0.25) is 0 Å². The maximum Gasteiger partial charge on any atom is 0.225 e. The molecule has 8 heteroatoms. The number of nitrogens with one attached hydrogen (secondary N) is 2. The van der Waals surface area contributed by atoms with Crippen LogP contribution < -0.4 is 11.1 Å². The number of nitrogen functional groups attached to an aromatic ring is 1. The Hall–Kier alpha value is -2.90. The highest BCUT2D eigenvalue weighted by Crippen LogP contribution is 2.40. The molecule has 0 aromatic carbocycles. The first-order chi connectivity index (χ1) is 12.1. The molecule has 130 valence electrons. The van der Waals surface area contributed by atoms with Gasteiger partial charge in [-0.25, -0.2) is 4.98 Å². The zero-order chi connectivity index (χ0) is 17.4. The summed E-state index contributed by atoms with van der Waals surface area (Å²) in [7, 11) is 0. The summed E-state index contributed by atoms with van der Waals surface area (Å²) in [5, 5.41) is 14.5. The molecule has 25 heavy (non-hydrogen) atoms. The summed E-state index contributed by atoms with van der Waals surface area (Å²) >= 11 is 0. The van der Waals surface area contributed by atoms with Crippen molar-refractivity contribution in [2.75, 3.05) is 11.1 Å². The molecule has 3 heterocycles. The minimum atomic E-state index is 0.332. The number of rotatable bonds is 6. The Kier molecular flexibility index (Phi) is 3.87. The van der Waals surface area contributed by atoms with E-state index in [1.807, 2.05) is 12.1 Å². The summed E-state index contributed by atoms with van der Waals surface area (Å²) in [6.45, 7) is 4.59. The summed E-state index contributed by atoms with van der Waals surface area (Å²) < 4.78 is 5.29. The lowest BCUT2D eigenvalue weighted by Crippen LogP contribution is -2.05. The fourth-order valence-electron chi connectivity index (χ4n) is 2.61. The molecule has 0 radical (unpaired) electrons. The Balaban J connectivity index is 1.45. The Bertz CT molecular complexity index is 879. The standard InChI is InChI=1S/C17H21N7O/c1-9(2)13-5-11(25-24-13)7-19-17-20-8-12(16(18)21-17)15-6-14(22-23-15)10-3-4-10/h5-6,8-10H,3-4,7H2,1-2H3,(H,22,23)(H3,18,19,20,21). The number of hydrogen-bond donors (Lipinski definition) is 3. The van der Waals surface area contributed by atoms with Gasteiger partial charge in [-0.05, 0) is 24.8 Å². The van der Waals surface area contributed by atoms with E-state index < -0.39 is 0 Å². The minimum absolute atomic E-state index is 0.332. The van der Waals surface area contributed by atoms with E-state index in [1.54, 1.807) is 6.20 Å². The molecule has 3 aromatic rings. The van der Waals surface area contributed by atoms with E-state index in [0.29, 0.717) is 30.1 Å².